The summed E-state index contributed by atoms with van der Waals surface area (Å²) in [6.45, 7) is 6.21. The van der Waals surface area contributed by atoms with Crippen molar-refractivity contribution < 1.29 is 13.9 Å². The number of aryl methyl sites for hydroxylation is 3. The lowest BCUT2D eigenvalue weighted by atomic mass is 10.1. The molecule has 0 saturated heterocycles. The Hall–Kier alpha value is -2.32. The van der Waals surface area contributed by atoms with Gasteiger partial charge in [0.25, 0.3) is 11.1 Å². The van der Waals surface area contributed by atoms with Crippen LogP contribution in [-0.2, 0) is 11.4 Å². The molecule has 0 aliphatic rings. The third kappa shape index (κ3) is 5.59. The van der Waals surface area contributed by atoms with Crippen molar-refractivity contribution in [2.45, 2.75) is 32.6 Å². The average Bonchev–Trinajstić information content (AvgIpc) is 3.11. The number of benzene rings is 2. The minimum absolute atomic E-state index is 0.148. The first-order valence-electron chi connectivity index (χ1n) is 8.62. The number of nitrogens with one attached hydrogen (secondary N) is 1. The Kier molecular flexibility index (Phi) is 6.74. The summed E-state index contributed by atoms with van der Waals surface area (Å²) >= 11 is 4.66. The fourth-order valence-corrected chi connectivity index (χ4v) is 3.53. The molecule has 0 unspecified atom stereocenters. The Balaban J connectivity index is 1.50. The van der Waals surface area contributed by atoms with Gasteiger partial charge in [-0.2, -0.15) is 0 Å². The van der Waals surface area contributed by atoms with Crippen molar-refractivity contribution in [2.75, 3.05) is 11.1 Å². The van der Waals surface area contributed by atoms with Crippen molar-refractivity contribution >= 4 is 39.3 Å². The van der Waals surface area contributed by atoms with E-state index in [1.54, 1.807) is 0 Å². The lowest BCUT2D eigenvalue weighted by Gasteiger charge is -2.09. The summed E-state index contributed by atoms with van der Waals surface area (Å²) in [4.78, 5) is 12.2. The molecule has 0 fully saturated rings. The normalized spacial score (nSPS) is 10.7. The number of ether oxygens (including phenoxy) is 1. The van der Waals surface area contributed by atoms with Crippen LogP contribution in [0.15, 0.2) is 50.5 Å². The lowest BCUT2D eigenvalue weighted by molar-refractivity contribution is -0.113. The first-order valence-corrected chi connectivity index (χ1v) is 10.4. The molecule has 0 spiro atoms. The number of nitrogens with zero attached hydrogens (tertiary/aromatic N) is 2. The molecule has 0 radical (unpaired) electrons. The molecule has 3 rings (SSSR count). The molecular weight excluding hydrogens is 442 g/mol. The first kappa shape index (κ1) is 20.4. The van der Waals surface area contributed by atoms with E-state index in [4.69, 9.17) is 9.15 Å². The number of hydrogen-bond donors (Lipinski definition) is 1. The van der Waals surface area contributed by atoms with Gasteiger partial charge in [0.2, 0.25) is 5.91 Å². The molecule has 1 N–H and O–H groups in total. The number of halogens is 1. The molecule has 28 heavy (non-hydrogen) atoms. The number of amides is 1. The topological polar surface area (TPSA) is 77.2 Å². The van der Waals surface area contributed by atoms with Gasteiger partial charge in [0, 0.05) is 4.47 Å². The van der Waals surface area contributed by atoms with Gasteiger partial charge in [-0.1, -0.05) is 23.9 Å². The number of anilines is 1. The van der Waals surface area contributed by atoms with Crippen molar-refractivity contribution in [2.24, 2.45) is 0 Å². The van der Waals surface area contributed by atoms with E-state index >= 15 is 0 Å². The summed E-state index contributed by atoms with van der Waals surface area (Å²) in [5.41, 5.74) is 4.12. The van der Waals surface area contributed by atoms with Gasteiger partial charge in [0.05, 0.1) is 11.4 Å². The van der Waals surface area contributed by atoms with Gasteiger partial charge in [0.15, 0.2) is 6.61 Å². The summed E-state index contributed by atoms with van der Waals surface area (Å²) in [6, 6.07) is 11.6. The maximum atomic E-state index is 12.2. The van der Waals surface area contributed by atoms with Crippen LogP contribution >= 0.6 is 27.7 Å². The van der Waals surface area contributed by atoms with Crippen LogP contribution in [0.5, 0.6) is 5.75 Å². The third-order valence-electron chi connectivity index (χ3n) is 3.98. The second-order valence-electron chi connectivity index (χ2n) is 6.32. The molecule has 1 heterocycles. The smallest absolute Gasteiger partial charge is 0.277 e. The molecule has 146 valence electrons. The number of rotatable bonds is 7. The Morgan fingerprint density at radius 1 is 1.18 bits per heavy atom. The van der Waals surface area contributed by atoms with Crippen molar-refractivity contribution in [3.05, 3.63) is 63.5 Å². The maximum Gasteiger partial charge on any atom is 0.277 e. The van der Waals surface area contributed by atoms with Gasteiger partial charge in [-0.3, -0.25) is 4.79 Å². The van der Waals surface area contributed by atoms with E-state index in [2.05, 4.69) is 31.4 Å². The quantitative estimate of drug-likeness (QED) is 0.495. The molecule has 2 aromatic carbocycles. The van der Waals surface area contributed by atoms with Crippen molar-refractivity contribution in [1.82, 2.24) is 10.2 Å². The molecule has 8 heteroatoms. The predicted molar refractivity (Wildman–Crippen MR) is 113 cm³/mol. The zero-order valence-corrected chi connectivity index (χ0v) is 18.2. The summed E-state index contributed by atoms with van der Waals surface area (Å²) in [5.74, 6) is 1.12. The molecule has 0 atom stereocenters. The van der Waals surface area contributed by atoms with E-state index in [0.29, 0.717) is 11.1 Å². The zero-order chi connectivity index (χ0) is 20.1. The largest absolute Gasteiger partial charge is 0.484 e. The summed E-state index contributed by atoms with van der Waals surface area (Å²) in [5, 5.41) is 11.1. The summed E-state index contributed by atoms with van der Waals surface area (Å²) < 4.78 is 12.0. The highest BCUT2D eigenvalue weighted by molar-refractivity contribution is 9.10. The van der Waals surface area contributed by atoms with Gasteiger partial charge in [-0.05, 0) is 77.7 Å². The SMILES string of the molecule is Cc1cccc(OCc2nnc(SCC(=O)Nc3cc(C)c(C)cc3Br)o2)c1. The van der Waals surface area contributed by atoms with Crippen LogP contribution in [0.25, 0.3) is 0 Å². The molecule has 1 aromatic heterocycles. The Morgan fingerprint density at radius 3 is 2.75 bits per heavy atom. The monoisotopic (exact) mass is 461 g/mol. The van der Waals surface area contributed by atoms with E-state index < -0.39 is 0 Å². The predicted octanol–water partition coefficient (Wildman–Crippen LogP) is 5.07. The second-order valence-corrected chi connectivity index (χ2v) is 8.10. The highest BCUT2D eigenvalue weighted by Crippen LogP contribution is 2.26. The number of aromatic nitrogens is 2. The molecule has 0 aliphatic heterocycles. The van der Waals surface area contributed by atoms with Crippen LogP contribution in [-0.4, -0.2) is 21.9 Å². The van der Waals surface area contributed by atoms with Crippen molar-refractivity contribution in [1.29, 1.82) is 0 Å². The van der Waals surface area contributed by atoms with Crippen LogP contribution in [0, 0.1) is 20.8 Å². The van der Waals surface area contributed by atoms with E-state index in [9.17, 15) is 4.79 Å². The number of carbonyl (C=O) groups excluding carboxylic acids is 1. The zero-order valence-electron chi connectivity index (χ0n) is 15.8. The minimum atomic E-state index is -0.148. The third-order valence-corrected chi connectivity index (χ3v) is 5.46. The molecule has 0 saturated carbocycles. The lowest BCUT2D eigenvalue weighted by Crippen LogP contribution is -2.14. The fraction of sp³-hybridized carbons (Fsp3) is 0.250. The summed E-state index contributed by atoms with van der Waals surface area (Å²) in [6.07, 6.45) is 0. The van der Waals surface area contributed by atoms with Crippen molar-refractivity contribution in [3.8, 4) is 5.75 Å². The molecule has 1 amide bonds. The standard InChI is InChI=1S/C20H20BrN3O3S/c1-12-5-4-6-15(7-12)26-10-19-23-24-20(27-19)28-11-18(25)22-17-9-14(3)13(2)8-16(17)21/h4-9H,10-11H2,1-3H3,(H,22,25). The van der Waals surface area contributed by atoms with Crippen molar-refractivity contribution in [3.63, 3.8) is 0 Å². The van der Waals surface area contributed by atoms with E-state index in [-0.39, 0.29) is 18.3 Å². The Labute approximate surface area is 176 Å². The number of carbonyl (C=O) groups is 1. The van der Waals surface area contributed by atoms with Crippen LogP contribution in [0.2, 0.25) is 0 Å². The Morgan fingerprint density at radius 2 is 1.96 bits per heavy atom. The minimum Gasteiger partial charge on any atom is -0.484 e. The van der Waals surface area contributed by atoms with E-state index in [1.165, 1.54) is 11.8 Å². The second kappa shape index (κ2) is 9.25. The number of thioether (sulfide) groups is 1. The fourth-order valence-electron chi connectivity index (χ4n) is 2.40. The van der Waals surface area contributed by atoms with Crippen LogP contribution in [0.4, 0.5) is 5.69 Å². The van der Waals surface area contributed by atoms with Crippen LogP contribution < -0.4 is 10.1 Å². The van der Waals surface area contributed by atoms with Crippen LogP contribution in [0.1, 0.15) is 22.6 Å². The summed E-state index contributed by atoms with van der Waals surface area (Å²) in [7, 11) is 0. The van der Waals surface area contributed by atoms with Crippen LogP contribution in [0.3, 0.4) is 0 Å². The molecule has 3 aromatic rings. The van der Waals surface area contributed by atoms with Gasteiger partial charge in [-0.25, -0.2) is 0 Å². The molecule has 0 aliphatic carbocycles. The molecule has 6 nitrogen and oxygen atoms in total. The van der Waals surface area contributed by atoms with Gasteiger partial charge in [0.1, 0.15) is 5.75 Å². The van der Waals surface area contributed by atoms with Gasteiger partial charge in [-0.15, -0.1) is 10.2 Å². The average molecular weight is 462 g/mol. The first-order chi connectivity index (χ1) is 13.4. The van der Waals surface area contributed by atoms with Gasteiger partial charge >= 0.3 is 0 Å². The van der Waals surface area contributed by atoms with Gasteiger partial charge < -0.3 is 14.5 Å². The molecular formula is C20H20BrN3O3S. The highest BCUT2D eigenvalue weighted by atomic mass is 79.9. The highest BCUT2D eigenvalue weighted by Gasteiger charge is 2.12. The Bertz CT molecular complexity index is 991. The number of hydrogen-bond acceptors (Lipinski definition) is 6. The van der Waals surface area contributed by atoms with E-state index in [1.807, 2.05) is 57.2 Å². The molecule has 0 bridgehead atoms. The maximum absolute atomic E-state index is 12.2. The van der Waals surface area contributed by atoms with E-state index in [0.717, 1.165) is 32.6 Å².